The Morgan fingerprint density at radius 3 is 2.18 bits per heavy atom. The molecule has 0 aliphatic rings. The number of hydrogen-bond donors (Lipinski definition) is 1. The van der Waals surface area contributed by atoms with Crippen molar-refractivity contribution in [2.45, 2.75) is 77.6 Å². The molecule has 8 heteroatoms. The maximum Gasteiger partial charge on any atom is 0.219 e. The van der Waals surface area contributed by atoms with Crippen LogP contribution in [0.1, 0.15) is 75.6 Å². The zero-order valence-electron chi connectivity index (χ0n) is 23.7. The highest BCUT2D eigenvalue weighted by Gasteiger charge is 2.46. The minimum atomic E-state index is -2.17. The van der Waals surface area contributed by atoms with E-state index in [1.54, 1.807) is 31.5 Å². The maximum absolute atomic E-state index is 15.4. The van der Waals surface area contributed by atoms with Crippen LogP contribution in [0.25, 0.3) is 11.0 Å². The lowest BCUT2D eigenvalue weighted by Gasteiger charge is -2.44. The number of hydrogen-bond acceptors (Lipinski definition) is 5. The van der Waals surface area contributed by atoms with E-state index in [0.29, 0.717) is 40.2 Å². The van der Waals surface area contributed by atoms with E-state index in [2.05, 4.69) is 55.7 Å². The quantitative estimate of drug-likeness (QED) is 0.185. The van der Waals surface area contributed by atoms with Crippen LogP contribution in [-0.4, -0.2) is 39.6 Å². The summed E-state index contributed by atoms with van der Waals surface area (Å²) in [7, 11) is -0.602. The Morgan fingerprint density at radius 1 is 0.947 bits per heavy atom. The van der Waals surface area contributed by atoms with Crippen LogP contribution in [-0.2, 0) is 6.42 Å². The summed E-state index contributed by atoms with van der Waals surface area (Å²) in [5, 5.41) is 12.4. The van der Waals surface area contributed by atoms with Gasteiger partial charge in [0.05, 0.1) is 7.11 Å². The average molecular weight is 535 g/mol. The van der Waals surface area contributed by atoms with Crippen LogP contribution in [0.15, 0.2) is 48.9 Å². The number of aliphatic hydroxyl groups is 1. The molecule has 4 rings (SSSR count). The van der Waals surface area contributed by atoms with E-state index in [-0.39, 0.29) is 5.56 Å². The lowest BCUT2D eigenvalue weighted by atomic mass is 10.0. The van der Waals surface area contributed by atoms with Crippen molar-refractivity contribution in [1.29, 1.82) is 0 Å². The minimum Gasteiger partial charge on any atom is -0.481 e. The third kappa shape index (κ3) is 4.87. The number of rotatable bonds is 9. The molecule has 0 aliphatic heterocycles. The molecule has 38 heavy (non-hydrogen) atoms. The molecule has 4 heterocycles. The largest absolute Gasteiger partial charge is 0.481 e. The average Bonchev–Trinajstić information content (AvgIpc) is 3.22. The van der Waals surface area contributed by atoms with Gasteiger partial charge < -0.3 is 14.1 Å². The van der Waals surface area contributed by atoms with Gasteiger partial charge in [0.15, 0.2) is 8.24 Å². The fourth-order valence-electron chi connectivity index (χ4n) is 6.38. The van der Waals surface area contributed by atoms with Gasteiger partial charge in [-0.3, -0.25) is 0 Å². The van der Waals surface area contributed by atoms with Crippen LogP contribution < -0.4 is 4.74 Å². The molecule has 0 spiro atoms. The lowest BCUT2D eigenvalue weighted by molar-refractivity contribution is 0.215. The van der Waals surface area contributed by atoms with Gasteiger partial charge in [-0.15, -0.1) is 0 Å². The van der Waals surface area contributed by atoms with Crippen molar-refractivity contribution in [3.63, 3.8) is 0 Å². The Balaban J connectivity index is 1.78. The van der Waals surface area contributed by atoms with Crippen molar-refractivity contribution in [2.75, 3.05) is 7.11 Å². The van der Waals surface area contributed by atoms with Gasteiger partial charge in [0, 0.05) is 53.3 Å². The molecule has 1 atom stereocenters. The van der Waals surface area contributed by atoms with Gasteiger partial charge >= 0.3 is 0 Å². The molecule has 1 unspecified atom stereocenters. The van der Waals surface area contributed by atoms with Gasteiger partial charge in [-0.2, -0.15) is 4.39 Å². The number of nitrogens with zero attached hydrogens (tertiary/aromatic N) is 4. The second-order valence-corrected chi connectivity index (χ2v) is 16.9. The maximum atomic E-state index is 15.4. The first kappa shape index (κ1) is 27.9. The molecule has 0 saturated heterocycles. The summed E-state index contributed by atoms with van der Waals surface area (Å²) in [6, 6.07) is 9.11. The first-order valence-electron chi connectivity index (χ1n) is 13.3. The Kier molecular flexibility index (Phi) is 8.04. The second kappa shape index (κ2) is 10.9. The molecule has 202 valence electrons. The molecule has 6 nitrogen and oxygen atoms in total. The topological polar surface area (TPSA) is 73.1 Å². The van der Waals surface area contributed by atoms with Crippen LogP contribution in [0.5, 0.6) is 5.88 Å². The molecule has 0 saturated carbocycles. The smallest absolute Gasteiger partial charge is 0.219 e. The summed E-state index contributed by atoms with van der Waals surface area (Å²) in [4.78, 5) is 13.3. The standard InChI is InChI=1S/C30H39FN4O2Si/c1-18(2)38(19(3)4,20(5)6)35-17-26(25-13-21(7)15-33-30(25)35)28(36)24-11-10-23(34-29(24)31)14-22-9-12-27(37-8)32-16-22/h9-13,15-20,28,36H,14H2,1-8H3. The third-order valence-corrected chi connectivity index (χ3v) is 14.6. The molecule has 4 aromatic rings. The van der Waals surface area contributed by atoms with E-state index in [1.807, 2.05) is 31.5 Å². The number of ether oxygens (including phenoxy) is 1. The number of pyridine rings is 3. The Labute approximate surface area is 226 Å². The van der Waals surface area contributed by atoms with Gasteiger partial charge in [0.1, 0.15) is 11.8 Å². The number of halogens is 1. The zero-order chi connectivity index (χ0) is 27.8. The molecule has 1 N–H and O–H groups in total. The van der Waals surface area contributed by atoms with Crippen LogP contribution >= 0.6 is 0 Å². The van der Waals surface area contributed by atoms with Gasteiger partial charge in [0.25, 0.3) is 0 Å². The van der Waals surface area contributed by atoms with Crippen molar-refractivity contribution < 1.29 is 14.2 Å². The Morgan fingerprint density at radius 2 is 1.63 bits per heavy atom. The Bertz CT molecular complexity index is 1390. The molecule has 4 aromatic heterocycles. The number of methoxy groups -OCH3 is 1. The summed E-state index contributed by atoms with van der Waals surface area (Å²) in [6.45, 7) is 15.8. The highest BCUT2D eigenvalue weighted by Crippen LogP contribution is 2.45. The lowest BCUT2D eigenvalue weighted by Crippen LogP contribution is -2.51. The molecule has 0 aliphatic carbocycles. The summed E-state index contributed by atoms with van der Waals surface area (Å²) >= 11 is 0. The van der Waals surface area contributed by atoms with E-state index in [9.17, 15) is 5.11 Å². The first-order chi connectivity index (χ1) is 18.0. The molecule has 0 bridgehead atoms. The van der Waals surface area contributed by atoms with Crippen molar-refractivity contribution in [2.24, 2.45) is 0 Å². The van der Waals surface area contributed by atoms with Gasteiger partial charge in [0.2, 0.25) is 11.8 Å². The summed E-state index contributed by atoms with van der Waals surface area (Å²) in [5.41, 5.74) is 5.48. The molecule has 0 amide bonds. The molecule has 0 aromatic carbocycles. The number of fused-ring (bicyclic) bond motifs is 1. The van der Waals surface area contributed by atoms with E-state index < -0.39 is 20.3 Å². The highest BCUT2D eigenvalue weighted by molar-refractivity contribution is 6.82. The fourth-order valence-corrected chi connectivity index (χ4v) is 13.0. The summed E-state index contributed by atoms with van der Waals surface area (Å²) in [6.07, 6.45) is 4.88. The number of aliphatic hydroxyl groups excluding tert-OH is 1. The predicted molar refractivity (Wildman–Crippen MR) is 153 cm³/mol. The van der Waals surface area contributed by atoms with Crippen molar-refractivity contribution >= 4 is 19.3 Å². The van der Waals surface area contributed by atoms with E-state index in [4.69, 9.17) is 9.72 Å². The van der Waals surface area contributed by atoms with Crippen LogP contribution in [0, 0.1) is 12.9 Å². The number of aromatic nitrogens is 4. The van der Waals surface area contributed by atoms with Gasteiger partial charge in [-0.25, -0.2) is 15.0 Å². The van der Waals surface area contributed by atoms with Crippen molar-refractivity contribution in [1.82, 2.24) is 19.2 Å². The monoisotopic (exact) mass is 534 g/mol. The minimum absolute atomic E-state index is 0.160. The van der Waals surface area contributed by atoms with Crippen LogP contribution in [0.3, 0.4) is 0 Å². The highest BCUT2D eigenvalue weighted by atomic mass is 28.3. The normalized spacial score (nSPS) is 13.2. The zero-order valence-corrected chi connectivity index (χ0v) is 24.7. The molecule has 0 fully saturated rings. The van der Waals surface area contributed by atoms with Gasteiger partial charge in [-0.05, 0) is 52.9 Å². The van der Waals surface area contributed by atoms with Crippen molar-refractivity contribution in [3.05, 3.63) is 82.8 Å². The van der Waals surface area contributed by atoms with E-state index in [0.717, 1.165) is 22.2 Å². The first-order valence-corrected chi connectivity index (χ1v) is 15.5. The number of aryl methyl sites for hydroxylation is 1. The second-order valence-electron chi connectivity index (χ2n) is 11.2. The van der Waals surface area contributed by atoms with Gasteiger partial charge in [-0.1, -0.05) is 47.6 Å². The Hall–Kier alpha value is -3.10. The van der Waals surface area contributed by atoms with E-state index >= 15 is 4.39 Å². The third-order valence-electron chi connectivity index (χ3n) is 7.92. The van der Waals surface area contributed by atoms with E-state index in [1.165, 1.54) is 0 Å². The summed E-state index contributed by atoms with van der Waals surface area (Å²) < 4.78 is 22.9. The van der Waals surface area contributed by atoms with Crippen LogP contribution in [0.2, 0.25) is 16.6 Å². The molecule has 0 radical (unpaired) electrons. The SMILES string of the molecule is COc1ccc(Cc2ccc(C(O)c3cn([Si](C(C)C)(C(C)C)C(C)C)c4ncc(C)cc34)c(F)n2)cn1. The predicted octanol–water partition coefficient (Wildman–Crippen LogP) is 6.98. The molecular weight excluding hydrogens is 495 g/mol. The summed E-state index contributed by atoms with van der Waals surface area (Å²) in [5.74, 6) is -0.146. The van der Waals surface area contributed by atoms with Crippen LogP contribution in [0.4, 0.5) is 4.39 Å². The van der Waals surface area contributed by atoms with Crippen molar-refractivity contribution in [3.8, 4) is 5.88 Å². The molecular formula is C30H39FN4O2Si. The fraction of sp³-hybridized carbons (Fsp3) is 0.433.